The Hall–Kier alpha value is -3.41. The van der Waals surface area contributed by atoms with Gasteiger partial charge in [-0.3, -0.25) is 0 Å². The number of carbonyl (C=O) groups is 1. The molecule has 0 saturated carbocycles. The molecule has 0 aliphatic carbocycles. The van der Waals surface area contributed by atoms with Crippen LogP contribution in [-0.2, 0) is 0 Å². The highest BCUT2D eigenvalue weighted by atomic mass is 35.5. The van der Waals surface area contributed by atoms with Crippen molar-refractivity contribution in [2.24, 2.45) is 5.73 Å². The maximum Gasteiger partial charge on any atom is 0.355 e. The van der Waals surface area contributed by atoms with Crippen LogP contribution >= 0.6 is 46.1 Å². The van der Waals surface area contributed by atoms with Gasteiger partial charge in [0.2, 0.25) is 5.88 Å². The van der Waals surface area contributed by atoms with Crippen molar-refractivity contribution in [3.63, 3.8) is 0 Å². The molecule has 4 aromatic rings. The fourth-order valence-corrected chi connectivity index (χ4v) is 6.28. The summed E-state index contributed by atoms with van der Waals surface area (Å²) in [5.41, 5.74) is 7.90. The van der Waals surface area contributed by atoms with E-state index in [4.69, 9.17) is 54.7 Å². The number of thiophene rings is 1. The second-order valence-electron chi connectivity index (χ2n) is 7.79. The number of carbonyl (C=O) groups excluding carboxylic acids is 1. The molecule has 1 aliphatic heterocycles. The molecular formula is C26H15Cl3N2O4S. The molecule has 1 unspecified atom stereocenters. The SMILES string of the molecule is COc1ccc(C2C(C#N)=C(N)Oc3cc(OC(=O)c4sc5cc(Cl)cc(Cl)c5c4Cl)ccc32)cc1. The van der Waals surface area contributed by atoms with Crippen molar-refractivity contribution in [1.29, 1.82) is 5.26 Å². The summed E-state index contributed by atoms with van der Waals surface area (Å²) in [5.74, 6) is 0.143. The third-order valence-corrected chi connectivity index (χ3v) is 7.81. The van der Waals surface area contributed by atoms with Crippen molar-refractivity contribution < 1.29 is 19.0 Å². The Labute approximate surface area is 225 Å². The summed E-state index contributed by atoms with van der Waals surface area (Å²) in [5, 5.41) is 11.3. The molecule has 1 aliphatic rings. The molecule has 0 spiro atoms. The van der Waals surface area contributed by atoms with E-state index in [1.807, 2.05) is 12.1 Å². The van der Waals surface area contributed by atoms with E-state index < -0.39 is 11.9 Å². The van der Waals surface area contributed by atoms with Gasteiger partial charge in [-0.15, -0.1) is 11.3 Å². The van der Waals surface area contributed by atoms with Gasteiger partial charge in [-0.2, -0.15) is 5.26 Å². The number of nitriles is 1. The molecule has 0 radical (unpaired) electrons. The van der Waals surface area contributed by atoms with E-state index in [0.29, 0.717) is 37.2 Å². The van der Waals surface area contributed by atoms with Gasteiger partial charge in [-0.05, 0) is 35.9 Å². The van der Waals surface area contributed by atoms with E-state index in [9.17, 15) is 10.1 Å². The number of esters is 1. The number of nitrogens with two attached hydrogens (primary N) is 1. The summed E-state index contributed by atoms with van der Waals surface area (Å²) in [6.07, 6.45) is 0. The number of halogens is 3. The summed E-state index contributed by atoms with van der Waals surface area (Å²) in [7, 11) is 1.58. The first kappa shape index (κ1) is 24.3. The molecule has 1 atom stereocenters. The maximum absolute atomic E-state index is 13.0. The molecule has 0 amide bonds. The predicted octanol–water partition coefficient (Wildman–Crippen LogP) is 7.31. The zero-order chi connectivity index (χ0) is 25.6. The smallest absolute Gasteiger partial charge is 0.355 e. The Morgan fingerprint density at radius 2 is 1.81 bits per heavy atom. The minimum Gasteiger partial charge on any atom is -0.497 e. The molecule has 2 heterocycles. The van der Waals surface area contributed by atoms with Gasteiger partial charge in [0, 0.05) is 26.7 Å². The standard InChI is InChI=1S/C26H15Cl3N2O4S/c1-33-14-4-2-12(3-5-14)21-16-7-6-15(10-19(16)35-25(31)17(21)11-30)34-26(32)24-23(29)22-18(28)8-13(27)9-20(22)36-24/h2-10,21H,31H2,1H3. The number of hydrogen-bond acceptors (Lipinski definition) is 7. The normalized spacial score (nSPS) is 14.7. The van der Waals surface area contributed by atoms with E-state index in [0.717, 1.165) is 16.9 Å². The third-order valence-electron chi connectivity index (χ3n) is 5.69. The number of methoxy groups -OCH3 is 1. The minimum absolute atomic E-state index is 0.0200. The number of benzene rings is 3. The van der Waals surface area contributed by atoms with E-state index in [-0.39, 0.29) is 27.1 Å². The quantitative estimate of drug-likeness (QED) is 0.209. The number of ether oxygens (including phenoxy) is 3. The van der Waals surface area contributed by atoms with E-state index in [1.165, 1.54) is 0 Å². The fourth-order valence-electron chi connectivity index (χ4n) is 4.03. The molecule has 36 heavy (non-hydrogen) atoms. The molecule has 0 saturated heterocycles. The average Bonchev–Trinajstić information content (AvgIpc) is 3.19. The number of fused-ring (bicyclic) bond motifs is 2. The molecule has 2 N–H and O–H groups in total. The second kappa shape index (κ2) is 9.57. The molecule has 10 heteroatoms. The highest BCUT2D eigenvalue weighted by molar-refractivity contribution is 7.21. The summed E-state index contributed by atoms with van der Waals surface area (Å²) in [4.78, 5) is 13.2. The van der Waals surface area contributed by atoms with Crippen LogP contribution < -0.4 is 19.9 Å². The van der Waals surface area contributed by atoms with Crippen molar-refractivity contribution in [2.45, 2.75) is 5.92 Å². The van der Waals surface area contributed by atoms with Gasteiger partial charge in [0.05, 0.1) is 23.1 Å². The Kier molecular flexibility index (Phi) is 6.45. The summed E-state index contributed by atoms with van der Waals surface area (Å²) < 4.78 is 17.2. The van der Waals surface area contributed by atoms with E-state index in [2.05, 4.69) is 6.07 Å². The zero-order valence-electron chi connectivity index (χ0n) is 18.5. The van der Waals surface area contributed by atoms with Gasteiger partial charge in [0.1, 0.15) is 33.8 Å². The van der Waals surface area contributed by atoms with Gasteiger partial charge >= 0.3 is 5.97 Å². The fraction of sp³-hybridized carbons (Fsp3) is 0.0769. The van der Waals surface area contributed by atoms with Crippen LogP contribution in [0.2, 0.25) is 15.1 Å². The molecule has 6 nitrogen and oxygen atoms in total. The van der Waals surface area contributed by atoms with Crippen LogP contribution in [0.15, 0.2) is 66.1 Å². The second-order valence-corrected chi connectivity index (χ2v) is 10.1. The zero-order valence-corrected chi connectivity index (χ0v) is 21.6. The number of hydrogen-bond donors (Lipinski definition) is 1. The molecule has 1 aromatic heterocycles. The van der Waals surface area contributed by atoms with Crippen LogP contribution in [0.5, 0.6) is 17.2 Å². The largest absolute Gasteiger partial charge is 0.497 e. The lowest BCUT2D eigenvalue weighted by Gasteiger charge is -2.26. The van der Waals surface area contributed by atoms with Crippen LogP contribution in [0.25, 0.3) is 10.1 Å². The summed E-state index contributed by atoms with van der Waals surface area (Å²) in [6, 6.07) is 17.6. The summed E-state index contributed by atoms with van der Waals surface area (Å²) in [6.45, 7) is 0. The van der Waals surface area contributed by atoms with Gasteiger partial charge in [-0.25, -0.2) is 4.79 Å². The van der Waals surface area contributed by atoms with Crippen LogP contribution in [0.1, 0.15) is 26.7 Å². The third kappa shape index (κ3) is 4.23. The van der Waals surface area contributed by atoms with Crippen molar-refractivity contribution in [1.82, 2.24) is 0 Å². The maximum atomic E-state index is 13.0. The lowest BCUT2D eigenvalue weighted by molar-refractivity contribution is 0.0740. The Morgan fingerprint density at radius 1 is 1.08 bits per heavy atom. The van der Waals surface area contributed by atoms with Gasteiger partial charge in [0.15, 0.2) is 0 Å². The van der Waals surface area contributed by atoms with E-state index in [1.54, 1.807) is 49.6 Å². The molecule has 3 aromatic carbocycles. The summed E-state index contributed by atoms with van der Waals surface area (Å²) >= 11 is 19.9. The van der Waals surface area contributed by atoms with Crippen LogP contribution in [0.3, 0.4) is 0 Å². The van der Waals surface area contributed by atoms with Gasteiger partial charge in [-0.1, -0.05) is 53.0 Å². The number of allylic oxidation sites excluding steroid dienone is 1. The number of rotatable bonds is 4. The van der Waals surface area contributed by atoms with Crippen LogP contribution in [0, 0.1) is 11.3 Å². The van der Waals surface area contributed by atoms with Crippen LogP contribution in [-0.4, -0.2) is 13.1 Å². The number of nitrogens with zero attached hydrogens (tertiary/aromatic N) is 1. The van der Waals surface area contributed by atoms with Crippen molar-refractivity contribution in [2.75, 3.05) is 7.11 Å². The molecular weight excluding hydrogens is 543 g/mol. The Bertz CT molecular complexity index is 1610. The molecule has 0 bridgehead atoms. The van der Waals surface area contributed by atoms with Crippen molar-refractivity contribution in [3.05, 3.63) is 97.1 Å². The van der Waals surface area contributed by atoms with Crippen LogP contribution in [0.4, 0.5) is 0 Å². The lowest BCUT2D eigenvalue weighted by Crippen LogP contribution is -2.21. The molecule has 180 valence electrons. The Balaban J connectivity index is 1.49. The predicted molar refractivity (Wildman–Crippen MR) is 141 cm³/mol. The molecule has 0 fully saturated rings. The highest BCUT2D eigenvalue weighted by Gasteiger charge is 2.31. The van der Waals surface area contributed by atoms with Crippen molar-refractivity contribution >= 4 is 62.2 Å². The van der Waals surface area contributed by atoms with Crippen molar-refractivity contribution in [3.8, 4) is 23.3 Å². The monoisotopic (exact) mass is 556 g/mol. The highest BCUT2D eigenvalue weighted by Crippen LogP contribution is 2.45. The average molecular weight is 558 g/mol. The Morgan fingerprint density at radius 3 is 2.50 bits per heavy atom. The van der Waals surface area contributed by atoms with Gasteiger partial charge < -0.3 is 19.9 Å². The lowest BCUT2D eigenvalue weighted by atomic mass is 9.83. The minimum atomic E-state index is -0.655. The first-order valence-corrected chi connectivity index (χ1v) is 12.4. The topological polar surface area (TPSA) is 94.6 Å². The van der Waals surface area contributed by atoms with E-state index >= 15 is 0 Å². The molecule has 5 rings (SSSR count). The first-order valence-electron chi connectivity index (χ1n) is 10.5. The first-order chi connectivity index (χ1) is 17.3. The van der Waals surface area contributed by atoms with Gasteiger partial charge in [0.25, 0.3) is 0 Å².